The fraction of sp³-hybridized carbons (Fsp3) is 0.636. The van der Waals surface area contributed by atoms with E-state index < -0.39 is 0 Å². The third-order valence-corrected chi connectivity index (χ3v) is 3.65. The topological polar surface area (TPSA) is 96.7 Å². The molecule has 18 heavy (non-hydrogen) atoms. The molecule has 0 spiro atoms. The van der Waals surface area contributed by atoms with Gasteiger partial charge in [0.15, 0.2) is 11.2 Å². The Labute approximate surface area is 103 Å². The van der Waals surface area contributed by atoms with E-state index in [0.29, 0.717) is 24.0 Å². The third kappa shape index (κ3) is 1.90. The molecule has 0 saturated heterocycles. The van der Waals surface area contributed by atoms with Gasteiger partial charge in [-0.25, -0.2) is 9.67 Å². The Bertz CT molecular complexity index is 605. The molecule has 96 valence electrons. The summed E-state index contributed by atoms with van der Waals surface area (Å²) in [5, 5.41) is 17.0. The first-order valence-corrected chi connectivity index (χ1v) is 6.15. The zero-order valence-electron chi connectivity index (χ0n) is 9.91. The molecule has 2 atom stereocenters. The lowest BCUT2D eigenvalue weighted by atomic mass is 10.1. The summed E-state index contributed by atoms with van der Waals surface area (Å²) in [6.07, 6.45) is 4.51. The van der Waals surface area contributed by atoms with E-state index in [1.54, 1.807) is 4.68 Å². The predicted molar refractivity (Wildman–Crippen MR) is 63.9 cm³/mol. The van der Waals surface area contributed by atoms with Crippen LogP contribution in [0.4, 0.5) is 0 Å². The van der Waals surface area contributed by atoms with E-state index in [1.165, 1.54) is 6.33 Å². The zero-order chi connectivity index (χ0) is 12.5. The molecule has 1 aliphatic carbocycles. The van der Waals surface area contributed by atoms with Gasteiger partial charge in [0.1, 0.15) is 0 Å². The second-order valence-electron chi connectivity index (χ2n) is 4.90. The maximum atomic E-state index is 11.5. The minimum absolute atomic E-state index is 0.256. The number of fused-ring (bicyclic) bond motifs is 1. The van der Waals surface area contributed by atoms with Gasteiger partial charge in [0.2, 0.25) is 0 Å². The second-order valence-corrected chi connectivity index (χ2v) is 4.90. The van der Waals surface area contributed by atoms with Crippen LogP contribution in [0.5, 0.6) is 0 Å². The monoisotopic (exact) mass is 249 g/mol. The highest BCUT2D eigenvalue weighted by Crippen LogP contribution is 2.31. The molecule has 7 heteroatoms. The molecular formula is C11H15N5O2. The number of aromatic amines is 1. The molecule has 2 N–H and O–H groups in total. The van der Waals surface area contributed by atoms with Crippen molar-refractivity contribution < 1.29 is 5.11 Å². The van der Waals surface area contributed by atoms with Crippen molar-refractivity contribution in [2.75, 3.05) is 6.61 Å². The summed E-state index contributed by atoms with van der Waals surface area (Å²) in [6, 6.07) is 0. The molecule has 0 radical (unpaired) electrons. The number of rotatable bonds is 3. The van der Waals surface area contributed by atoms with E-state index in [2.05, 4.69) is 20.3 Å². The molecule has 3 rings (SSSR count). The van der Waals surface area contributed by atoms with Crippen molar-refractivity contribution in [3.05, 3.63) is 16.7 Å². The van der Waals surface area contributed by atoms with Crippen molar-refractivity contribution in [3.8, 4) is 0 Å². The lowest BCUT2D eigenvalue weighted by molar-refractivity contribution is 0.224. The Morgan fingerprint density at radius 3 is 3.06 bits per heavy atom. The van der Waals surface area contributed by atoms with Gasteiger partial charge in [0.25, 0.3) is 5.56 Å². The lowest BCUT2D eigenvalue weighted by Gasteiger charge is -2.09. The number of hydrogen-bond donors (Lipinski definition) is 2. The highest BCUT2D eigenvalue weighted by Gasteiger charge is 2.25. The third-order valence-electron chi connectivity index (χ3n) is 3.65. The first-order chi connectivity index (χ1) is 8.78. The average Bonchev–Trinajstić information content (AvgIpc) is 2.98. The average molecular weight is 249 g/mol. The number of hydrogen-bond acceptors (Lipinski definition) is 5. The number of aliphatic hydroxyl groups is 1. The molecule has 0 aliphatic heterocycles. The fourth-order valence-electron chi connectivity index (χ4n) is 2.68. The number of aromatic nitrogens is 5. The standard InChI is InChI=1S/C11H15N5O2/c17-5-8-2-1-7(3-8)4-16-10-9(14-15-16)11(18)13-6-12-10/h6-8,17H,1-5H2,(H,12,13,18)/t7-,8+/m0/s1. The van der Waals surface area contributed by atoms with Gasteiger partial charge < -0.3 is 10.1 Å². The first kappa shape index (κ1) is 11.3. The summed E-state index contributed by atoms with van der Waals surface area (Å²) in [6.45, 7) is 0.968. The van der Waals surface area contributed by atoms with E-state index in [1.807, 2.05) is 0 Å². The maximum absolute atomic E-state index is 11.5. The largest absolute Gasteiger partial charge is 0.396 e. The normalized spacial score (nSPS) is 23.8. The summed E-state index contributed by atoms with van der Waals surface area (Å²) < 4.78 is 1.69. The van der Waals surface area contributed by atoms with Crippen molar-refractivity contribution in [1.29, 1.82) is 0 Å². The van der Waals surface area contributed by atoms with Crippen molar-refractivity contribution in [1.82, 2.24) is 25.0 Å². The number of H-pyrrole nitrogens is 1. The van der Waals surface area contributed by atoms with Gasteiger partial charge in [-0.05, 0) is 31.1 Å². The van der Waals surface area contributed by atoms with Crippen molar-refractivity contribution in [2.45, 2.75) is 25.8 Å². The number of nitrogens with one attached hydrogen (secondary N) is 1. The second kappa shape index (κ2) is 4.49. The van der Waals surface area contributed by atoms with E-state index >= 15 is 0 Å². The molecule has 0 amide bonds. The fourth-order valence-corrected chi connectivity index (χ4v) is 2.68. The minimum atomic E-state index is -0.258. The molecule has 0 unspecified atom stereocenters. The summed E-state index contributed by atoms with van der Waals surface area (Å²) >= 11 is 0. The van der Waals surface area contributed by atoms with Crippen molar-refractivity contribution in [2.24, 2.45) is 11.8 Å². The van der Waals surface area contributed by atoms with E-state index in [9.17, 15) is 4.79 Å². The molecule has 1 fully saturated rings. The molecule has 2 aromatic heterocycles. The van der Waals surface area contributed by atoms with Gasteiger partial charge in [-0.3, -0.25) is 4.79 Å². The van der Waals surface area contributed by atoms with E-state index in [0.717, 1.165) is 19.3 Å². The van der Waals surface area contributed by atoms with Gasteiger partial charge >= 0.3 is 0 Å². The maximum Gasteiger partial charge on any atom is 0.280 e. The van der Waals surface area contributed by atoms with Crippen LogP contribution >= 0.6 is 0 Å². The molecular weight excluding hydrogens is 234 g/mol. The Morgan fingerprint density at radius 2 is 2.28 bits per heavy atom. The molecule has 1 saturated carbocycles. The quantitative estimate of drug-likeness (QED) is 0.793. The van der Waals surface area contributed by atoms with E-state index in [4.69, 9.17) is 5.11 Å². The molecule has 0 aromatic carbocycles. The summed E-state index contributed by atoms with van der Waals surface area (Å²) in [7, 11) is 0. The summed E-state index contributed by atoms with van der Waals surface area (Å²) in [5.41, 5.74) is 0.561. The minimum Gasteiger partial charge on any atom is -0.396 e. The van der Waals surface area contributed by atoms with Crippen LogP contribution in [-0.2, 0) is 6.54 Å². The van der Waals surface area contributed by atoms with Crippen LogP contribution in [-0.4, -0.2) is 36.7 Å². The van der Waals surface area contributed by atoms with Crippen LogP contribution in [0.15, 0.2) is 11.1 Å². The van der Waals surface area contributed by atoms with Gasteiger partial charge in [-0.15, -0.1) is 5.10 Å². The molecule has 1 aliphatic rings. The highest BCUT2D eigenvalue weighted by molar-refractivity contribution is 5.67. The molecule has 2 aromatic rings. The molecule has 0 bridgehead atoms. The summed E-state index contributed by atoms with van der Waals surface area (Å²) in [5.74, 6) is 0.884. The smallest absolute Gasteiger partial charge is 0.280 e. The van der Waals surface area contributed by atoms with Crippen molar-refractivity contribution >= 4 is 11.2 Å². The Hall–Kier alpha value is -1.76. The van der Waals surface area contributed by atoms with Crippen LogP contribution in [0, 0.1) is 11.8 Å². The van der Waals surface area contributed by atoms with Gasteiger partial charge in [-0.1, -0.05) is 5.21 Å². The Morgan fingerprint density at radius 1 is 1.44 bits per heavy atom. The summed E-state index contributed by atoms with van der Waals surface area (Å²) in [4.78, 5) is 18.1. The number of aliphatic hydroxyl groups excluding tert-OH is 1. The van der Waals surface area contributed by atoms with Crippen LogP contribution in [0.3, 0.4) is 0 Å². The van der Waals surface area contributed by atoms with E-state index in [-0.39, 0.29) is 17.7 Å². The molecule has 2 heterocycles. The SMILES string of the molecule is O=c1[nH]cnc2c1nnn2C[C@H]1CC[C@@H](CO)C1. The van der Waals surface area contributed by atoms with Gasteiger partial charge in [-0.2, -0.15) is 0 Å². The van der Waals surface area contributed by atoms with Crippen molar-refractivity contribution in [3.63, 3.8) is 0 Å². The predicted octanol–water partition coefficient (Wildman–Crippen LogP) is -0.0768. The number of nitrogens with zero attached hydrogens (tertiary/aromatic N) is 4. The highest BCUT2D eigenvalue weighted by atomic mass is 16.3. The molecule has 7 nitrogen and oxygen atoms in total. The van der Waals surface area contributed by atoms with Crippen LogP contribution in [0.2, 0.25) is 0 Å². The van der Waals surface area contributed by atoms with Crippen LogP contribution in [0.1, 0.15) is 19.3 Å². The van der Waals surface area contributed by atoms with Crippen LogP contribution < -0.4 is 5.56 Å². The van der Waals surface area contributed by atoms with Gasteiger partial charge in [0.05, 0.1) is 6.33 Å². The lowest BCUT2D eigenvalue weighted by Crippen LogP contribution is -2.12. The van der Waals surface area contributed by atoms with Crippen LogP contribution in [0.25, 0.3) is 11.2 Å². The van der Waals surface area contributed by atoms with Gasteiger partial charge in [0, 0.05) is 13.2 Å². The Kier molecular flexibility index (Phi) is 2.83. The first-order valence-electron chi connectivity index (χ1n) is 6.15. The Balaban J connectivity index is 1.83. The zero-order valence-corrected chi connectivity index (χ0v) is 9.91.